The summed E-state index contributed by atoms with van der Waals surface area (Å²) in [6.07, 6.45) is 8.36. The predicted molar refractivity (Wildman–Crippen MR) is 72.5 cm³/mol. The van der Waals surface area contributed by atoms with Gasteiger partial charge in [0.1, 0.15) is 0 Å². The molecular formula is C13H25ClN2O. The molecule has 17 heavy (non-hydrogen) atoms. The number of nitrogens with zero attached hydrogens (tertiary/aromatic N) is 1. The van der Waals surface area contributed by atoms with E-state index in [0.717, 1.165) is 31.8 Å². The minimum atomic E-state index is 0. The summed E-state index contributed by atoms with van der Waals surface area (Å²) in [5.41, 5.74) is 0. The number of likely N-dealkylation sites (N-methyl/N-ethyl adjacent to an activating group) is 1. The molecule has 0 aromatic heterocycles. The molecule has 2 aliphatic rings. The number of hydrogen-bond donors (Lipinski definition) is 1. The van der Waals surface area contributed by atoms with E-state index in [0.29, 0.717) is 11.9 Å². The summed E-state index contributed by atoms with van der Waals surface area (Å²) in [5.74, 6) is 1.25. The van der Waals surface area contributed by atoms with Gasteiger partial charge in [0.2, 0.25) is 5.91 Å². The van der Waals surface area contributed by atoms with E-state index in [2.05, 4.69) is 10.2 Å². The van der Waals surface area contributed by atoms with Gasteiger partial charge in [-0.25, -0.2) is 0 Å². The first-order valence-corrected chi connectivity index (χ1v) is 6.75. The van der Waals surface area contributed by atoms with Crippen LogP contribution in [0.25, 0.3) is 0 Å². The summed E-state index contributed by atoms with van der Waals surface area (Å²) in [4.78, 5) is 14.2. The van der Waals surface area contributed by atoms with E-state index in [9.17, 15) is 4.79 Å². The van der Waals surface area contributed by atoms with Gasteiger partial charge in [-0.1, -0.05) is 19.3 Å². The van der Waals surface area contributed by atoms with Crippen LogP contribution in [0.4, 0.5) is 0 Å². The van der Waals surface area contributed by atoms with Gasteiger partial charge in [-0.3, -0.25) is 4.79 Å². The maximum Gasteiger partial charge on any atom is 0.222 e. The lowest BCUT2D eigenvalue weighted by molar-refractivity contribution is -0.132. The second-order valence-corrected chi connectivity index (χ2v) is 5.28. The summed E-state index contributed by atoms with van der Waals surface area (Å²) < 4.78 is 0. The minimum absolute atomic E-state index is 0. The fourth-order valence-electron chi connectivity index (χ4n) is 2.86. The maximum absolute atomic E-state index is 12.1. The van der Waals surface area contributed by atoms with E-state index < -0.39 is 0 Å². The van der Waals surface area contributed by atoms with Crippen molar-refractivity contribution in [3.63, 3.8) is 0 Å². The van der Waals surface area contributed by atoms with Gasteiger partial charge in [0.25, 0.3) is 0 Å². The molecule has 0 bridgehead atoms. The molecule has 0 radical (unpaired) electrons. The van der Waals surface area contributed by atoms with Crippen molar-refractivity contribution in [1.29, 1.82) is 0 Å². The van der Waals surface area contributed by atoms with Crippen LogP contribution in [0.5, 0.6) is 0 Å². The fraction of sp³-hybridized carbons (Fsp3) is 0.923. The molecular weight excluding hydrogens is 236 g/mol. The molecule has 100 valence electrons. The SMILES string of the molecule is CNCC1CCCN1C(=O)CCC1CCC1.Cl. The largest absolute Gasteiger partial charge is 0.338 e. The van der Waals surface area contributed by atoms with E-state index in [1.807, 2.05) is 7.05 Å². The molecule has 1 aliphatic heterocycles. The molecule has 1 amide bonds. The molecule has 1 atom stereocenters. The summed E-state index contributed by atoms with van der Waals surface area (Å²) in [5, 5.41) is 3.19. The molecule has 1 heterocycles. The Kier molecular flexibility index (Phi) is 6.28. The Hall–Kier alpha value is -0.280. The Morgan fingerprint density at radius 1 is 1.29 bits per heavy atom. The Balaban J connectivity index is 0.00000144. The number of rotatable bonds is 5. The van der Waals surface area contributed by atoms with Crippen molar-refractivity contribution >= 4 is 18.3 Å². The number of likely N-dealkylation sites (tertiary alicyclic amines) is 1. The Labute approximate surface area is 111 Å². The number of halogens is 1. The third-order valence-corrected chi connectivity index (χ3v) is 4.13. The van der Waals surface area contributed by atoms with Crippen LogP contribution in [0.15, 0.2) is 0 Å². The molecule has 0 spiro atoms. The number of nitrogens with one attached hydrogen (secondary N) is 1. The zero-order chi connectivity index (χ0) is 11.4. The van der Waals surface area contributed by atoms with Crippen LogP contribution in [0.3, 0.4) is 0 Å². The molecule has 1 unspecified atom stereocenters. The van der Waals surface area contributed by atoms with Crippen molar-refractivity contribution in [3.05, 3.63) is 0 Å². The molecule has 3 nitrogen and oxygen atoms in total. The zero-order valence-electron chi connectivity index (χ0n) is 10.8. The monoisotopic (exact) mass is 260 g/mol. The van der Waals surface area contributed by atoms with Crippen LogP contribution in [-0.2, 0) is 4.79 Å². The van der Waals surface area contributed by atoms with Crippen LogP contribution in [0, 0.1) is 5.92 Å². The van der Waals surface area contributed by atoms with Gasteiger partial charge in [0, 0.05) is 25.6 Å². The summed E-state index contributed by atoms with van der Waals surface area (Å²) in [6, 6.07) is 0.457. The van der Waals surface area contributed by atoms with Crippen LogP contribution in [0.1, 0.15) is 44.9 Å². The second-order valence-electron chi connectivity index (χ2n) is 5.28. The molecule has 4 heteroatoms. The van der Waals surface area contributed by atoms with Crippen molar-refractivity contribution in [2.45, 2.75) is 51.0 Å². The third kappa shape index (κ3) is 3.85. The van der Waals surface area contributed by atoms with Gasteiger partial charge < -0.3 is 10.2 Å². The lowest BCUT2D eigenvalue weighted by atomic mass is 9.82. The molecule has 1 saturated carbocycles. The van der Waals surface area contributed by atoms with Crippen LogP contribution >= 0.6 is 12.4 Å². The van der Waals surface area contributed by atoms with E-state index in [1.165, 1.54) is 32.1 Å². The highest BCUT2D eigenvalue weighted by molar-refractivity contribution is 5.85. The minimum Gasteiger partial charge on any atom is -0.338 e. The molecule has 0 aromatic carbocycles. The van der Waals surface area contributed by atoms with Crippen molar-refractivity contribution in [3.8, 4) is 0 Å². The fourth-order valence-corrected chi connectivity index (χ4v) is 2.86. The quantitative estimate of drug-likeness (QED) is 0.822. The van der Waals surface area contributed by atoms with Crippen molar-refractivity contribution in [2.24, 2.45) is 5.92 Å². The maximum atomic E-state index is 12.1. The summed E-state index contributed by atoms with van der Waals surface area (Å²) >= 11 is 0. The lowest BCUT2D eigenvalue weighted by Crippen LogP contribution is -2.41. The van der Waals surface area contributed by atoms with Gasteiger partial charge in [0.15, 0.2) is 0 Å². The lowest BCUT2D eigenvalue weighted by Gasteiger charge is -2.28. The van der Waals surface area contributed by atoms with Gasteiger partial charge in [0.05, 0.1) is 0 Å². The highest BCUT2D eigenvalue weighted by atomic mass is 35.5. The van der Waals surface area contributed by atoms with Crippen molar-refractivity contribution in [1.82, 2.24) is 10.2 Å². The normalized spacial score (nSPS) is 24.3. The van der Waals surface area contributed by atoms with Gasteiger partial charge >= 0.3 is 0 Å². The van der Waals surface area contributed by atoms with E-state index in [1.54, 1.807) is 0 Å². The number of carbonyl (C=O) groups excluding carboxylic acids is 1. The molecule has 1 saturated heterocycles. The topological polar surface area (TPSA) is 32.3 Å². The summed E-state index contributed by atoms with van der Waals surface area (Å²) in [6.45, 7) is 1.94. The van der Waals surface area contributed by atoms with E-state index in [-0.39, 0.29) is 12.4 Å². The van der Waals surface area contributed by atoms with Crippen molar-refractivity contribution < 1.29 is 4.79 Å². The Morgan fingerprint density at radius 3 is 2.65 bits per heavy atom. The standard InChI is InChI=1S/C13H24N2O.ClH/c1-14-10-12-6-3-9-15(12)13(16)8-7-11-4-2-5-11;/h11-12,14H,2-10H2,1H3;1H. The third-order valence-electron chi connectivity index (χ3n) is 4.13. The predicted octanol–water partition coefficient (Wildman–Crippen LogP) is 2.20. The number of hydrogen-bond acceptors (Lipinski definition) is 2. The first-order chi connectivity index (χ1) is 7.81. The molecule has 1 aliphatic carbocycles. The molecule has 2 fully saturated rings. The highest BCUT2D eigenvalue weighted by Gasteiger charge is 2.28. The van der Waals surface area contributed by atoms with Gasteiger partial charge in [-0.2, -0.15) is 0 Å². The molecule has 1 N–H and O–H groups in total. The van der Waals surface area contributed by atoms with Gasteiger partial charge in [-0.15, -0.1) is 12.4 Å². The smallest absolute Gasteiger partial charge is 0.222 e. The van der Waals surface area contributed by atoms with Crippen LogP contribution in [0.2, 0.25) is 0 Å². The highest BCUT2D eigenvalue weighted by Crippen LogP contribution is 2.31. The van der Waals surface area contributed by atoms with Crippen molar-refractivity contribution in [2.75, 3.05) is 20.1 Å². The molecule has 0 aromatic rings. The van der Waals surface area contributed by atoms with Crippen LogP contribution in [-0.4, -0.2) is 37.0 Å². The van der Waals surface area contributed by atoms with E-state index >= 15 is 0 Å². The zero-order valence-corrected chi connectivity index (χ0v) is 11.6. The Bertz CT molecular complexity index is 244. The average molecular weight is 261 g/mol. The second kappa shape index (κ2) is 7.22. The molecule has 2 rings (SSSR count). The average Bonchev–Trinajstić information content (AvgIpc) is 2.64. The first-order valence-electron chi connectivity index (χ1n) is 6.75. The Morgan fingerprint density at radius 2 is 2.06 bits per heavy atom. The van der Waals surface area contributed by atoms with Crippen LogP contribution < -0.4 is 5.32 Å². The first kappa shape index (κ1) is 14.8. The van der Waals surface area contributed by atoms with Gasteiger partial charge in [-0.05, 0) is 32.2 Å². The number of carbonyl (C=O) groups is 1. The van der Waals surface area contributed by atoms with E-state index in [4.69, 9.17) is 0 Å². The summed E-state index contributed by atoms with van der Waals surface area (Å²) in [7, 11) is 1.97. The number of amides is 1.